The first-order valence-corrected chi connectivity index (χ1v) is 8.12. The molecule has 1 saturated heterocycles. The number of nitrogens with zero attached hydrogens (tertiary/aromatic N) is 4. The molecule has 22 heavy (non-hydrogen) atoms. The topological polar surface area (TPSA) is 61.6 Å². The second-order valence-corrected chi connectivity index (χ2v) is 6.75. The summed E-state index contributed by atoms with van der Waals surface area (Å²) in [6, 6.07) is 0. The lowest BCUT2D eigenvalue weighted by Crippen LogP contribution is -2.55. The van der Waals surface area contributed by atoms with E-state index in [0.717, 1.165) is 19.5 Å². The Morgan fingerprint density at radius 1 is 1.41 bits per heavy atom. The van der Waals surface area contributed by atoms with Crippen molar-refractivity contribution in [3.8, 4) is 0 Å². The van der Waals surface area contributed by atoms with Gasteiger partial charge in [-0.25, -0.2) is 0 Å². The third kappa shape index (κ3) is 3.80. The molecule has 1 N–H and O–H groups in total. The van der Waals surface area contributed by atoms with Crippen LogP contribution in [0.4, 0.5) is 0 Å². The number of halogens is 1. The number of hydrogen-bond donors (Lipinski definition) is 1. The summed E-state index contributed by atoms with van der Waals surface area (Å²) in [5.41, 5.74) is -0.752. The predicted molar refractivity (Wildman–Crippen MR) is 85.9 cm³/mol. The molecule has 0 aliphatic carbocycles. The van der Waals surface area contributed by atoms with Gasteiger partial charge in [0, 0.05) is 38.9 Å². The number of hydrogen-bond acceptors (Lipinski definition) is 4. The van der Waals surface area contributed by atoms with Crippen molar-refractivity contribution in [1.29, 1.82) is 0 Å². The molecule has 1 atom stereocenters. The number of aliphatic hydroxyl groups is 1. The Balaban J connectivity index is 1.94. The van der Waals surface area contributed by atoms with Gasteiger partial charge in [0.15, 0.2) is 0 Å². The van der Waals surface area contributed by atoms with E-state index in [1.807, 2.05) is 25.7 Å². The summed E-state index contributed by atoms with van der Waals surface area (Å²) in [6.45, 7) is 9.29. The molecule has 2 rings (SSSR count). The number of β-amino-alcohol motifs (C(OH)–C–C–N with tert-alkyl or cyclic N) is 1. The van der Waals surface area contributed by atoms with E-state index in [1.165, 1.54) is 0 Å². The first-order chi connectivity index (χ1) is 10.3. The van der Waals surface area contributed by atoms with Gasteiger partial charge >= 0.3 is 0 Å². The van der Waals surface area contributed by atoms with Crippen molar-refractivity contribution < 1.29 is 9.90 Å². The molecule has 1 aliphatic heterocycles. The Morgan fingerprint density at radius 3 is 2.55 bits per heavy atom. The van der Waals surface area contributed by atoms with Crippen molar-refractivity contribution in [2.24, 2.45) is 0 Å². The first-order valence-electron chi connectivity index (χ1n) is 7.75. The van der Waals surface area contributed by atoms with Crippen LogP contribution >= 0.6 is 11.6 Å². The molecule has 7 heteroatoms. The summed E-state index contributed by atoms with van der Waals surface area (Å²) in [5.74, 6) is 0.0444. The van der Waals surface area contributed by atoms with Crippen LogP contribution in [0.25, 0.3) is 0 Å². The van der Waals surface area contributed by atoms with E-state index in [-0.39, 0.29) is 12.0 Å². The van der Waals surface area contributed by atoms with Gasteiger partial charge in [0.05, 0.1) is 17.3 Å². The summed E-state index contributed by atoms with van der Waals surface area (Å²) >= 11 is 5.90. The second-order valence-electron chi connectivity index (χ2n) is 6.32. The lowest BCUT2D eigenvalue weighted by Gasteiger charge is -2.39. The standard InChI is InChI=1S/C15H25ClN4O2/c1-4-13(21)11-18-5-7-19(8-6-18)14(22)15(2,3)20-10-12(16)9-17-20/h9-10,13,21H,4-8,11H2,1-3H3/t13-/m0/s1. The highest BCUT2D eigenvalue weighted by Crippen LogP contribution is 2.21. The van der Waals surface area contributed by atoms with Crippen molar-refractivity contribution in [2.75, 3.05) is 32.7 Å². The number of carbonyl (C=O) groups excluding carboxylic acids is 1. The predicted octanol–water partition coefficient (Wildman–Crippen LogP) is 1.19. The average molecular weight is 329 g/mol. The molecule has 2 heterocycles. The van der Waals surface area contributed by atoms with Gasteiger partial charge in [-0.1, -0.05) is 18.5 Å². The summed E-state index contributed by atoms with van der Waals surface area (Å²) in [6.07, 6.45) is 3.69. The lowest BCUT2D eigenvalue weighted by molar-refractivity contribution is -0.141. The fourth-order valence-electron chi connectivity index (χ4n) is 2.65. The maximum atomic E-state index is 12.8. The maximum absolute atomic E-state index is 12.8. The highest BCUT2D eigenvalue weighted by molar-refractivity contribution is 6.30. The number of aromatic nitrogens is 2. The molecule has 124 valence electrons. The summed E-state index contributed by atoms with van der Waals surface area (Å²) < 4.78 is 1.62. The zero-order valence-corrected chi connectivity index (χ0v) is 14.3. The zero-order chi connectivity index (χ0) is 16.3. The smallest absolute Gasteiger partial charge is 0.250 e. The largest absolute Gasteiger partial charge is 0.392 e. The summed E-state index contributed by atoms with van der Waals surface area (Å²) in [7, 11) is 0. The molecule has 0 aromatic carbocycles. The lowest BCUT2D eigenvalue weighted by atomic mass is 10.0. The number of amides is 1. The quantitative estimate of drug-likeness (QED) is 0.882. The molecule has 0 bridgehead atoms. The van der Waals surface area contributed by atoms with Crippen LogP contribution in [0.15, 0.2) is 12.4 Å². The second kappa shape index (κ2) is 6.98. The zero-order valence-electron chi connectivity index (χ0n) is 13.5. The molecular weight excluding hydrogens is 304 g/mol. The van der Waals surface area contributed by atoms with Crippen molar-refractivity contribution in [3.05, 3.63) is 17.4 Å². The van der Waals surface area contributed by atoms with E-state index < -0.39 is 5.54 Å². The van der Waals surface area contributed by atoms with Crippen LogP contribution in [0.1, 0.15) is 27.2 Å². The van der Waals surface area contributed by atoms with Crippen LogP contribution in [0.3, 0.4) is 0 Å². The van der Waals surface area contributed by atoms with Gasteiger partial charge in [0.2, 0.25) is 5.91 Å². The van der Waals surface area contributed by atoms with E-state index in [1.54, 1.807) is 17.1 Å². The van der Waals surface area contributed by atoms with Crippen LogP contribution in [0.5, 0.6) is 0 Å². The molecule has 0 radical (unpaired) electrons. The van der Waals surface area contributed by atoms with E-state index in [4.69, 9.17) is 11.6 Å². The van der Waals surface area contributed by atoms with Gasteiger partial charge in [-0.05, 0) is 20.3 Å². The fraction of sp³-hybridized carbons (Fsp3) is 0.733. The van der Waals surface area contributed by atoms with E-state index in [9.17, 15) is 9.90 Å². The van der Waals surface area contributed by atoms with E-state index in [2.05, 4.69) is 10.00 Å². The Hall–Kier alpha value is -1.11. The minimum atomic E-state index is -0.752. The maximum Gasteiger partial charge on any atom is 0.250 e. The molecule has 0 unspecified atom stereocenters. The summed E-state index contributed by atoms with van der Waals surface area (Å²) in [5, 5.41) is 14.4. The molecule has 0 saturated carbocycles. The minimum Gasteiger partial charge on any atom is -0.392 e. The Bertz CT molecular complexity index is 509. The highest BCUT2D eigenvalue weighted by atomic mass is 35.5. The van der Waals surface area contributed by atoms with Gasteiger partial charge in [0.1, 0.15) is 5.54 Å². The van der Waals surface area contributed by atoms with Crippen LogP contribution in [0.2, 0.25) is 5.02 Å². The fourth-order valence-corrected chi connectivity index (χ4v) is 2.79. The van der Waals surface area contributed by atoms with Crippen molar-refractivity contribution >= 4 is 17.5 Å². The summed E-state index contributed by atoms with van der Waals surface area (Å²) in [4.78, 5) is 16.8. The first kappa shape index (κ1) is 17.2. The monoisotopic (exact) mass is 328 g/mol. The van der Waals surface area contributed by atoms with Gasteiger partial charge in [-0.15, -0.1) is 0 Å². The molecule has 1 aromatic rings. The minimum absolute atomic E-state index is 0.0444. The molecule has 1 aromatic heterocycles. The SMILES string of the molecule is CC[C@H](O)CN1CCN(C(=O)C(C)(C)n2cc(Cl)cn2)CC1. The van der Waals surface area contributed by atoms with Crippen LogP contribution in [-0.4, -0.2) is 69.4 Å². The molecular formula is C15H25ClN4O2. The Kier molecular flexibility index (Phi) is 5.47. The number of aliphatic hydroxyl groups excluding tert-OH is 1. The van der Waals surface area contributed by atoms with Gasteiger partial charge < -0.3 is 10.0 Å². The van der Waals surface area contributed by atoms with Crippen LogP contribution in [-0.2, 0) is 10.3 Å². The Labute approximate surface area is 136 Å². The van der Waals surface area contributed by atoms with Crippen molar-refractivity contribution in [2.45, 2.75) is 38.8 Å². The molecule has 0 spiro atoms. The normalized spacial score (nSPS) is 18.5. The molecule has 1 aliphatic rings. The number of rotatable bonds is 5. The number of piperazine rings is 1. The molecule has 1 amide bonds. The van der Waals surface area contributed by atoms with E-state index in [0.29, 0.717) is 24.7 Å². The Morgan fingerprint density at radius 2 is 2.05 bits per heavy atom. The third-order valence-electron chi connectivity index (χ3n) is 4.25. The van der Waals surface area contributed by atoms with E-state index >= 15 is 0 Å². The van der Waals surface area contributed by atoms with Gasteiger partial charge in [-0.2, -0.15) is 5.10 Å². The van der Waals surface area contributed by atoms with Crippen LogP contribution in [0, 0.1) is 0 Å². The molecule has 6 nitrogen and oxygen atoms in total. The van der Waals surface area contributed by atoms with Gasteiger partial charge in [0.25, 0.3) is 0 Å². The highest BCUT2D eigenvalue weighted by Gasteiger charge is 2.36. The van der Waals surface area contributed by atoms with Crippen molar-refractivity contribution in [1.82, 2.24) is 19.6 Å². The van der Waals surface area contributed by atoms with Crippen LogP contribution < -0.4 is 0 Å². The third-order valence-corrected chi connectivity index (χ3v) is 4.44. The number of carbonyl (C=O) groups is 1. The van der Waals surface area contributed by atoms with Crippen molar-refractivity contribution in [3.63, 3.8) is 0 Å². The molecule has 1 fully saturated rings. The average Bonchev–Trinajstić information content (AvgIpc) is 2.94. The van der Waals surface area contributed by atoms with Gasteiger partial charge in [-0.3, -0.25) is 14.4 Å².